The van der Waals surface area contributed by atoms with Crippen LogP contribution in [0.5, 0.6) is 0 Å². The van der Waals surface area contributed by atoms with E-state index in [0.717, 1.165) is 0 Å². The van der Waals surface area contributed by atoms with Gasteiger partial charge in [-0.1, -0.05) is 0 Å². The highest BCUT2D eigenvalue weighted by molar-refractivity contribution is 5.94. The number of nitrogens with zero attached hydrogens (tertiary/aromatic N) is 2. The maximum absolute atomic E-state index is 12.8. The third-order valence-corrected chi connectivity index (χ3v) is 4.77. The second-order valence-electron chi connectivity index (χ2n) is 7.71. The van der Waals surface area contributed by atoms with Crippen LogP contribution in [0.1, 0.15) is 25.5 Å². The van der Waals surface area contributed by atoms with E-state index >= 15 is 0 Å². The average molecular weight is 500 g/mol. The van der Waals surface area contributed by atoms with Crippen LogP contribution >= 0.6 is 0 Å². The summed E-state index contributed by atoms with van der Waals surface area (Å²) in [7, 11) is 0. The molecule has 5 unspecified atom stereocenters. The number of H-pyrrole nitrogens is 1. The number of carboxylic acids is 1. The van der Waals surface area contributed by atoms with Gasteiger partial charge in [-0.25, -0.2) is 9.78 Å². The standard InChI is InChI=1S/C19H33N9O7/c1-9(30)14(28-15(31)11(20)5-10-6-23-8-25-10)17(33)26-12(3-2-4-24-19(21)22)16(32)27-13(7-29)18(34)35/h6,8-9,11-14,29-30H,2-5,7,20H2,1H3,(H,23,25)(H,26,33)(H,27,32)(H,28,31)(H,34,35)(H4,21,22,24). The molecular weight excluding hydrogens is 466 g/mol. The maximum Gasteiger partial charge on any atom is 0.328 e. The van der Waals surface area contributed by atoms with Gasteiger partial charge >= 0.3 is 5.97 Å². The van der Waals surface area contributed by atoms with Gasteiger partial charge in [0.2, 0.25) is 17.7 Å². The van der Waals surface area contributed by atoms with Gasteiger partial charge in [0.25, 0.3) is 0 Å². The number of carbonyl (C=O) groups excluding carboxylic acids is 3. The van der Waals surface area contributed by atoms with Gasteiger partial charge in [-0.3, -0.25) is 19.4 Å². The summed E-state index contributed by atoms with van der Waals surface area (Å²) in [5.74, 6) is -4.21. The molecule has 0 fully saturated rings. The number of guanidine groups is 1. The molecule has 35 heavy (non-hydrogen) atoms. The Bertz CT molecular complexity index is 872. The molecule has 1 heterocycles. The van der Waals surface area contributed by atoms with Crippen molar-refractivity contribution in [2.75, 3.05) is 13.2 Å². The summed E-state index contributed by atoms with van der Waals surface area (Å²) in [6.45, 7) is 0.491. The molecule has 0 aliphatic carbocycles. The van der Waals surface area contributed by atoms with Gasteiger partial charge in [0, 0.05) is 24.9 Å². The summed E-state index contributed by atoms with van der Waals surface area (Å²) in [6.07, 6.45) is 1.81. The fourth-order valence-electron chi connectivity index (χ4n) is 2.88. The summed E-state index contributed by atoms with van der Waals surface area (Å²) in [4.78, 5) is 59.5. The Morgan fingerprint density at radius 3 is 2.29 bits per heavy atom. The first kappa shape index (κ1) is 29.3. The molecule has 1 aromatic rings. The lowest BCUT2D eigenvalue weighted by Crippen LogP contribution is -2.60. The van der Waals surface area contributed by atoms with Gasteiger partial charge in [0.1, 0.15) is 18.1 Å². The zero-order valence-electron chi connectivity index (χ0n) is 19.2. The lowest BCUT2D eigenvalue weighted by atomic mass is 10.1. The molecule has 1 aromatic heterocycles. The van der Waals surface area contributed by atoms with E-state index in [9.17, 15) is 24.3 Å². The molecule has 16 heteroatoms. The normalized spacial score (nSPS) is 15.1. The van der Waals surface area contributed by atoms with Crippen molar-refractivity contribution in [3.8, 4) is 0 Å². The van der Waals surface area contributed by atoms with E-state index in [4.69, 9.17) is 27.4 Å². The molecule has 0 aromatic carbocycles. The molecule has 0 saturated heterocycles. The first-order valence-electron chi connectivity index (χ1n) is 10.7. The number of aliphatic carboxylic acids is 1. The van der Waals surface area contributed by atoms with Gasteiger partial charge in [-0.15, -0.1) is 0 Å². The summed E-state index contributed by atoms with van der Waals surface area (Å²) >= 11 is 0. The minimum absolute atomic E-state index is 0.0219. The SMILES string of the molecule is CC(O)C(NC(=O)C(N)Cc1cnc[nH]1)C(=O)NC(CCCN=C(N)N)C(=O)NC(CO)C(=O)O. The number of carbonyl (C=O) groups is 4. The minimum atomic E-state index is -1.60. The Kier molecular flexibility index (Phi) is 12.1. The number of carboxylic acid groups (broad SMARTS) is 1. The number of aliphatic imine (C=N–C) groups is 1. The molecule has 0 spiro atoms. The van der Waals surface area contributed by atoms with Crippen molar-refractivity contribution >= 4 is 29.7 Å². The van der Waals surface area contributed by atoms with Crippen LogP contribution in [0.3, 0.4) is 0 Å². The number of hydrogen-bond donors (Lipinski definition) is 10. The molecule has 1 rings (SSSR count). The summed E-state index contributed by atoms with van der Waals surface area (Å²) in [6, 6.07) is -5.44. The fourth-order valence-corrected chi connectivity index (χ4v) is 2.88. The number of nitrogens with one attached hydrogen (secondary N) is 4. The van der Waals surface area contributed by atoms with E-state index in [-0.39, 0.29) is 31.8 Å². The van der Waals surface area contributed by atoms with Crippen LogP contribution < -0.4 is 33.2 Å². The molecule has 0 radical (unpaired) electrons. The third kappa shape index (κ3) is 10.4. The molecule has 13 N–H and O–H groups in total. The Balaban J connectivity index is 2.91. The molecule has 0 saturated carbocycles. The van der Waals surface area contributed by atoms with E-state index in [2.05, 4.69) is 30.9 Å². The fraction of sp³-hybridized carbons (Fsp3) is 0.579. The second kappa shape index (κ2) is 14.5. The van der Waals surface area contributed by atoms with Crippen molar-refractivity contribution in [2.24, 2.45) is 22.2 Å². The molecule has 196 valence electrons. The highest BCUT2D eigenvalue weighted by Gasteiger charge is 2.32. The number of aliphatic hydroxyl groups excluding tert-OH is 2. The quantitative estimate of drug-likeness (QED) is 0.0620. The molecule has 5 atom stereocenters. The minimum Gasteiger partial charge on any atom is -0.480 e. The zero-order valence-corrected chi connectivity index (χ0v) is 19.2. The number of imidazole rings is 1. The number of hydrogen-bond acceptors (Lipinski definition) is 9. The van der Waals surface area contributed by atoms with Crippen molar-refractivity contribution in [3.63, 3.8) is 0 Å². The predicted molar refractivity (Wildman–Crippen MR) is 122 cm³/mol. The first-order chi connectivity index (χ1) is 16.5. The van der Waals surface area contributed by atoms with Crippen molar-refractivity contribution < 1.29 is 34.5 Å². The number of amides is 3. The molecule has 0 aliphatic heterocycles. The average Bonchev–Trinajstić information content (AvgIpc) is 3.29. The number of rotatable bonds is 15. The predicted octanol–water partition coefficient (Wildman–Crippen LogP) is -4.75. The number of aliphatic hydroxyl groups is 2. The van der Waals surface area contributed by atoms with E-state index in [1.807, 2.05) is 0 Å². The van der Waals surface area contributed by atoms with Gasteiger partial charge in [-0.2, -0.15) is 0 Å². The van der Waals surface area contributed by atoms with Crippen LogP contribution in [0.2, 0.25) is 0 Å². The van der Waals surface area contributed by atoms with E-state index in [1.54, 1.807) is 0 Å². The van der Waals surface area contributed by atoms with Crippen LogP contribution in [0, 0.1) is 0 Å². The lowest BCUT2D eigenvalue weighted by Gasteiger charge is -2.26. The third-order valence-electron chi connectivity index (χ3n) is 4.77. The maximum atomic E-state index is 12.8. The highest BCUT2D eigenvalue weighted by atomic mass is 16.4. The molecular formula is C19H33N9O7. The Morgan fingerprint density at radius 1 is 1.11 bits per heavy atom. The molecule has 0 aliphatic rings. The lowest BCUT2D eigenvalue weighted by molar-refractivity contribution is -0.143. The van der Waals surface area contributed by atoms with Gasteiger partial charge in [-0.05, 0) is 19.8 Å². The van der Waals surface area contributed by atoms with E-state index in [1.165, 1.54) is 19.4 Å². The molecule has 16 nitrogen and oxygen atoms in total. The zero-order chi connectivity index (χ0) is 26.5. The van der Waals surface area contributed by atoms with Crippen LogP contribution in [-0.4, -0.2) is 98.4 Å². The van der Waals surface area contributed by atoms with Crippen LogP contribution in [0.4, 0.5) is 0 Å². The highest BCUT2D eigenvalue weighted by Crippen LogP contribution is 2.04. The Morgan fingerprint density at radius 2 is 1.77 bits per heavy atom. The van der Waals surface area contributed by atoms with Gasteiger partial charge in [0.05, 0.1) is 25.1 Å². The van der Waals surface area contributed by atoms with Crippen molar-refractivity contribution in [1.82, 2.24) is 25.9 Å². The largest absolute Gasteiger partial charge is 0.480 e. The van der Waals surface area contributed by atoms with E-state index < -0.39 is 60.6 Å². The Labute approximate surface area is 200 Å². The van der Waals surface area contributed by atoms with Crippen molar-refractivity contribution in [3.05, 3.63) is 18.2 Å². The van der Waals surface area contributed by atoms with Crippen LogP contribution in [-0.2, 0) is 25.6 Å². The summed E-state index contributed by atoms with van der Waals surface area (Å²) in [5, 5.41) is 35.1. The van der Waals surface area contributed by atoms with Gasteiger partial charge in [0.15, 0.2) is 5.96 Å². The van der Waals surface area contributed by atoms with E-state index in [0.29, 0.717) is 5.69 Å². The monoisotopic (exact) mass is 499 g/mol. The molecule has 3 amide bonds. The van der Waals surface area contributed by atoms with Crippen molar-refractivity contribution in [1.29, 1.82) is 0 Å². The van der Waals surface area contributed by atoms with Crippen LogP contribution in [0.25, 0.3) is 0 Å². The summed E-state index contributed by atoms with van der Waals surface area (Å²) < 4.78 is 0. The smallest absolute Gasteiger partial charge is 0.328 e. The van der Waals surface area contributed by atoms with Crippen molar-refractivity contribution in [2.45, 2.75) is 56.5 Å². The Hall–Kier alpha value is -3.76. The number of aromatic nitrogens is 2. The first-order valence-corrected chi connectivity index (χ1v) is 10.7. The van der Waals surface area contributed by atoms with Gasteiger partial charge < -0.3 is 53.5 Å². The second-order valence-corrected chi connectivity index (χ2v) is 7.71. The van der Waals surface area contributed by atoms with Crippen LogP contribution in [0.15, 0.2) is 17.5 Å². The molecule has 0 bridgehead atoms. The summed E-state index contributed by atoms with van der Waals surface area (Å²) in [5.41, 5.74) is 17.0. The number of nitrogens with two attached hydrogens (primary N) is 3. The number of aromatic amines is 1. The topological polar surface area (TPSA) is 284 Å².